The summed E-state index contributed by atoms with van der Waals surface area (Å²) in [6, 6.07) is 8.56. The minimum Gasteiger partial charge on any atom is -0.406 e. The lowest BCUT2D eigenvalue weighted by Crippen LogP contribution is -2.17. The number of hydrogen-bond acceptors (Lipinski definition) is 4. The zero-order valence-corrected chi connectivity index (χ0v) is 10.6. The van der Waals surface area contributed by atoms with Gasteiger partial charge in [0, 0.05) is 12.2 Å². The summed E-state index contributed by atoms with van der Waals surface area (Å²) >= 11 is 5.65. The minimum absolute atomic E-state index is 0.234. The van der Waals surface area contributed by atoms with Crippen LogP contribution in [0.3, 0.4) is 0 Å². The average molecular weight is 252 g/mol. The summed E-state index contributed by atoms with van der Waals surface area (Å²) in [7, 11) is 0. The molecule has 0 aliphatic carbocycles. The molecular weight excluding hydrogens is 238 g/mol. The van der Waals surface area contributed by atoms with Gasteiger partial charge in [-0.25, -0.2) is 0 Å². The Balaban J connectivity index is 2.36. The van der Waals surface area contributed by atoms with E-state index in [-0.39, 0.29) is 5.88 Å². The molecule has 0 bridgehead atoms. The molecule has 2 rings (SSSR count). The molecule has 90 valence electrons. The van der Waals surface area contributed by atoms with Gasteiger partial charge in [0.05, 0.1) is 0 Å². The highest BCUT2D eigenvalue weighted by Crippen LogP contribution is 2.26. The summed E-state index contributed by atoms with van der Waals surface area (Å²) in [5.41, 5.74) is 2.24. The number of para-hydroxylation sites is 1. The van der Waals surface area contributed by atoms with Gasteiger partial charge in [-0.2, -0.15) is 0 Å². The van der Waals surface area contributed by atoms with Gasteiger partial charge in [0.2, 0.25) is 5.89 Å². The maximum Gasteiger partial charge on any atom is 0.322 e. The molecule has 0 aliphatic heterocycles. The number of hydrogen-bond donors (Lipinski definition) is 0. The van der Waals surface area contributed by atoms with E-state index in [2.05, 4.69) is 23.2 Å². The predicted molar refractivity (Wildman–Crippen MR) is 67.7 cm³/mol. The molecule has 0 saturated carbocycles. The van der Waals surface area contributed by atoms with Gasteiger partial charge in [0.1, 0.15) is 5.88 Å². The van der Waals surface area contributed by atoms with E-state index >= 15 is 0 Å². The zero-order valence-electron chi connectivity index (χ0n) is 9.85. The molecule has 17 heavy (non-hydrogen) atoms. The third-order valence-electron chi connectivity index (χ3n) is 2.52. The number of nitrogens with zero attached hydrogens (tertiary/aromatic N) is 3. The maximum atomic E-state index is 5.65. The number of aryl methyl sites for hydroxylation is 1. The van der Waals surface area contributed by atoms with Gasteiger partial charge in [-0.15, -0.1) is 16.7 Å². The Morgan fingerprint density at radius 1 is 1.29 bits per heavy atom. The Morgan fingerprint density at radius 2 is 2.06 bits per heavy atom. The number of aromatic nitrogens is 2. The third kappa shape index (κ3) is 2.42. The lowest BCUT2D eigenvalue weighted by molar-refractivity contribution is 0.514. The van der Waals surface area contributed by atoms with E-state index in [1.807, 2.05) is 30.0 Å². The molecule has 0 saturated heterocycles. The number of halogens is 1. The van der Waals surface area contributed by atoms with Gasteiger partial charge in [-0.3, -0.25) is 4.90 Å². The van der Waals surface area contributed by atoms with Crippen LogP contribution < -0.4 is 4.90 Å². The topological polar surface area (TPSA) is 42.2 Å². The highest BCUT2D eigenvalue weighted by molar-refractivity contribution is 6.16. The van der Waals surface area contributed by atoms with Gasteiger partial charge in [0.15, 0.2) is 0 Å². The monoisotopic (exact) mass is 251 g/mol. The summed E-state index contributed by atoms with van der Waals surface area (Å²) in [4.78, 5) is 1.97. The Kier molecular flexibility index (Phi) is 3.64. The Morgan fingerprint density at radius 3 is 2.65 bits per heavy atom. The van der Waals surface area contributed by atoms with Crippen LogP contribution in [0.25, 0.3) is 0 Å². The zero-order chi connectivity index (χ0) is 12.3. The second-order valence-electron chi connectivity index (χ2n) is 3.64. The van der Waals surface area contributed by atoms with E-state index in [1.54, 1.807) is 0 Å². The maximum absolute atomic E-state index is 5.65. The highest BCUT2D eigenvalue weighted by Gasteiger charge is 2.15. The first-order valence-electron chi connectivity index (χ1n) is 5.47. The van der Waals surface area contributed by atoms with E-state index in [4.69, 9.17) is 16.0 Å². The van der Waals surface area contributed by atoms with Crippen LogP contribution in [-0.2, 0) is 5.88 Å². The minimum atomic E-state index is 0.234. The molecule has 0 N–H and O–H groups in total. The van der Waals surface area contributed by atoms with Crippen molar-refractivity contribution in [3.05, 3.63) is 35.7 Å². The molecular formula is C12H14ClN3O. The van der Waals surface area contributed by atoms with Crippen molar-refractivity contribution in [2.45, 2.75) is 19.7 Å². The molecule has 0 unspecified atom stereocenters. The second-order valence-corrected chi connectivity index (χ2v) is 3.91. The summed E-state index contributed by atoms with van der Waals surface area (Å²) < 4.78 is 5.47. The number of rotatable bonds is 4. The van der Waals surface area contributed by atoms with Crippen molar-refractivity contribution in [2.75, 3.05) is 11.4 Å². The van der Waals surface area contributed by atoms with E-state index in [1.165, 1.54) is 5.56 Å². The summed E-state index contributed by atoms with van der Waals surface area (Å²) in [6.07, 6.45) is 0. The SMILES string of the molecule is CCN(c1nnc(CCl)o1)c1ccccc1C. The quantitative estimate of drug-likeness (QED) is 0.782. The lowest BCUT2D eigenvalue weighted by Gasteiger charge is -2.19. The molecule has 0 fully saturated rings. The molecule has 1 heterocycles. The smallest absolute Gasteiger partial charge is 0.322 e. The molecule has 0 spiro atoms. The molecule has 2 aromatic rings. The van der Waals surface area contributed by atoms with Crippen LogP contribution in [0.5, 0.6) is 0 Å². The highest BCUT2D eigenvalue weighted by atomic mass is 35.5. The fraction of sp³-hybridized carbons (Fsp3) is 0.333. The standard InChI is InChI=1S/C12H14ClN3O/c1-3-16(10-7-5-4-6-9(10)2)12-15-14-11(8-13)17-12/h4-7H,3,8H2,1-2H3. The first kappa shape index (κ1) is 11.9. The Labute approximate surface area is 105 Å². The molecule has 4 nitrogen and oxygen atoms in total. The van der Waals surface area contributed by atoms with Gasteiger partial charge in [-0.1, -0.05) is 23.3 Å². The molecule has 0 aliphatic rings. The van der Waals surface area contributed by atoms with Crippen molar-refractivity contribution in [2.24, 2.45) is 0 Å². The van der Waals surface area contributed by atoms with Crippen molar-refractivity contribution in [3.63, 3.8) is 0 Å². The molecule has 0 amide bonds. The van der Waals surface area contributed by atoms with Crippen molar-refractivity contribution in [1.29, 1.82) is 0 Å². The van der Waals surface area contributed by atoms with Crippen LogP contribution in [0, 0.1) is 6.92 Å². The van der Waals surface area contributed by atoms with Crippen molar-refractivity contribution in [1.82, 2.24) is 10.2 Å². The van der Waals surface area contributed by atoms with Crippen LogP contribution in [0.4, 0.5) is 11.7 Å². The van der Waals surface area contributed by atoms with Crippen molar-refractivity contribution >= 4 is 23.3 Å². The van der Waals surface area contributed by atoms with Crippen molar-refractivity contribution < 1.29 is 4.42 Å². The second kappa shape index (κ2) is 5.19. The Hall–Kier alpha value is -1.55. The lowest BCUT2D eigenvalue weighted by atomic mass is 10.2. The van der Waals surface area contributed by atoms with E-state index in [9.17, 15) is 0 Å². The van der Waals surface area contributed by atoms with Crippen LogP contribution in [0.2, 0.25) is 0 Å². The van der Waals surface area contributed by atoms with Crippen LogP contribution in [0.1, 0.15) is 18.4 Å². The van der Waals surface area contributed by atoms with E-state index in [0.717, 1.165) is 12.2 Å². The predicted octanol–water partition coefficient (Wildman–Crippen LogP) is 3.27. The van der Waals surface area contributed by atoms with Gasteiger partial charge < -0.3 is 4.42 Å². The number of anilines is 2. The van der Waals surface area contributed by atoms with Crippen molar-refractivity contribution in [3.8, 4) is 0 Å². The van der Waals surface area contributed by atoms with E-state index in [0.29, 0.717) is 11.9 Å². The average Bonchev–Trinajstić information content (AvgIpc) is 2.81. The fourth-order valence-corrected chi connectivity index (χ4v) is 1.79. The van der Waals surface area contributed by atoms with Crippen LogP contribution in [0.15, 0.2) is 28.7 Å². The van der Waals surface area contributed by atoms with Gasteiger partial charge in [-0.05, 0) is 25.5 Å². The molecule has 1 aromatic heterocycles. The van der Waals surface area contributed by atoms with Crippen LogP contribution >= 0.6 is 11.6 Å². The molecule has 0 radical (unpaired) electrons. The fourth-order valence-electron chi connectivity index (χ4n) is 1.68. The molecule has 0 atom stereocenters. The van der Waals surface area contributed by atoms with Crippen LogP contribution in [-0.4, -0.2) is 16.7 Å². The first-order valence-corrected chi connectivity index (χ1v) is 6.01. The number of benzene rings is 1. The first-order chi connectivity index (χ1) is 8.26. The largest absolute Gasteiger partial charge is 0.406 e. The summed E-state index contributed by atoms with van der Waals surface area (Å²) in [6.45, 7) is 4.85. The molecule has 1 aromatic carbocycles. The normalized spacial score (nSPS) is 10.5. The molecule has 5 heteroatoms. The Bertz CT molecular complexity index is 498. The van der Waals surface area contributed by atoms with Gasteiger partial charge in [0.25, 0.3) is 0 Å². The summed E-state index contributed by atoms with van der Waals surface area (Å²) in [5.74, 6) is 0.673. The summed E-state index contributed by atoms with van der Waals surface area (Å²) in [5, 5.41) is 7.87. The third-order valence-corrected chi connectivity index (χ3v) is 2.75. The van der Waals surface area contributed by atoms with E-state index < -0.39 is 0 Å². The number of alkyl halides is 1. The van der Waals surface area contributed by atoms with Gasteiger partial charge >= 0.3 is 6.01 Å².